The molecule has 0 radical (unpaired) electrons. The fourth-order valence-corrected chi connectivity index (χ4v) is 2.07. The maximum atomic E-state index is 13.5. The predicted octanol–water partition coefficient (Wildman–Crippen LogP) is 1.42. The number of nitrogens with one attached hydrogen (secondary N) is 1. The number of phenolic OH excluding ortho intramolecular Hbond substituents is 1. The summed E-state index contributed by atoms with van der Waals surface area (Å²) in [5, 5.41) is 21.3. The number of aliphatic hydroxyl groups excluding tert-OH is 1. The van der Waals surface area contributed by atoms with E-state index in [2.05, 4.69) is 5.32 Å². The summed E-state index contributed by atoms with van der Waals surface area (Å²) in [6.45, 7) is 3.69. The van der Waals surface area contributed by atoms with E-state index in [0.717, 1.165) is 6.07 Å². The number of amides is 1. The molecule has 2 unspecified atom stereocenters. The summed E-state index contributed by atoms with van der Waals surface area (Å²) in [6, 6.07) is 3.23. The molecule has 1 aliphatic carbocycles. The second kappa shape index (κ2) is 4.24. The zero-order chi connectivity index (χ0) is 13.5. The Morgan fingerprint density at radius 1 is 1.50 bits per heavy atom. The molecule has 98 valence electrons. The second-order valence-electron chi connectivity index (χ2n) is 5.26. The van der Waals surface area contributed by atoms with Gasteiger partial charge in [-0.15, -0.1) is 0 Å². The zero-order valence-corrected chi connectivity index (χ0v) is 10.3. The highest BCUT2D eigenvalue weighted by molar-refractivity contribution is 5.94. The molecule has 0 bridgehead atoms. The Labute approximate surface area is 104 Å². The lowest BCUT2D eigenvalue weighted by Crippen LogP contribution is -2.61. The van der Waals surface area contributed by atoms with Crippen molar-refractivity contribution in [3.05, 3.63) is 29.6 Å². The van der Waals surface area contributed by atoms with E-state index in [1.807, 2.05) is 13.8 Å². The number of carbonyl (C=O) groups excluding carboxylic acids is 1. The first-order valence-electron chi connectivity index (χ1n) is 5.80. The lowest BCUT2D eigenvalue weighted by Gasteiger charge is -2.49. The van der Waals surface area contributed by atoms with Gasteiger partial charge in [-0.3, -0.25) is 4.79 Å². The lowest BCUT2D eigenvalue weighted by atomic mass is 9.64. The third-order valence-corrected chi connectivity index (χ3v) is 3.72. The molecule has 0 saturated heterocycles. The van der Waals surface area contributed by atoms with Crippen LogP contribution in [0.15, 0.2) is 18.2 Å². The van der Waals surface area contributed by atoms with Crippen molar-refractivity contribution in [2.24, 2.45) is 5.41 Å². The Kier molecular flexibility index (Phi) is 3.02. The molecule has 0 heterocycles. The molecule has 4 nitrogen and oxygen atoms in total. The molecule has 18 heavy (non-hydrogen) atoms. The van der Waals surface area contributed by atoms with Gasteiger partial charge in [-0.25, -0.2) is 4.39 Å². The van der Waals surface area contributed by atoms with E-state index in [-0.39, 0.29) is 17.4 Å². The van der Waals surface area contributed by atoms with Crippen molar-refractivity contribution in [1.29, 1.82) is 0 Å². The van der Waals surface area contributed by atoms with Gasteiger partial charge in [0, 0.05) is 17.5 Å². The molecular weight excluding hydrogens is 237 g/mol. The number of hydrogen-bond acceptors (Lipinski definition) is 3. The van der Waals surface area contributed by atoms with Gasteiger partial charge in [0.1, 0.15) is 11.6 Å². The minimum atomic E-state index is -0.759. The molecule has 0 aromatic heterocycles. The zero-order valence-electron chi connectivity index (χ0n) is 10.3. The van der Waals surface area contributed by atoms with Crippen LogP contribution < -0.4 is 5.32 Å². The molecule has 1 amide bonds. The van der Waals surface area contributed by atoms with Crippen molar-refractivity contribution in [3.8, 4) is 5.75 Å². The minimum absolute atomic E-state index is 0.106. The molecule has 1 aromatic carbocycles. The van der Waals surface area contributed by atoms with Crippen molar-refractivity contribution < 1.29 is 19.4 Å². The monoisotopic (exact) mass is 253 g/mol. The Morgan fingerprint density at radius 3 is 2.67 bits per heavy atom. The summed E-state index contributed by atoms with van der Waals surface area (Å²) >= 11 is 0. The number of benzene rings is 1. The van der Waals surface area contributed by atoms with Gasteiger partial charge in [0.2, 0.25) is 0 Å². The van der Waals surface area contributed by atoms with Gasteiger partial charge in [-0.2, -0.15) is 0 Å². The molecule has 1 aliphatic rings. The highest BCUT2D eigenvalue weighted by Gasteiger charge is 2.48. The first-order valence-corrected chi connectivity index (χ1v) is 5.80. The van der Waals surface area contributed by atoms with Gasteiger partial charge in [-0.1, -0.05) is 13.8 Å². The number of phenols is 1. The van der Waals surface area contributed by atoms with Crippen LogP contribution in [0, 0.1) is 11.2 Å². The average molecular weight is 253 g/mol. The van der Waals surface area contributed by atoms with Gasteiger partial charge in [0.05, 0.1) is 11.7 Å². The van der Waals surface area contributed by atoms with Crippen LogP contribution in [0.1, 0.15) is 30.6 Å². The lowest BCUT2D eigenvalue weighted by molar-refractivity contribution is -0.0689. The molecule has 1 saturated carbocycles. The standard InChI is InChI=1S/C13H16FNO3/c1-13(2)10(6-11(13)17)15-12(18)8-4-3-7(16)5-9(8)14/h3-5,10-11,16-17H,6H2,1-2H3,(H,15,18). The summed E-state index contributed by atoms with van der Waals surface area (Å²) in [7, 11) is 0. The van der Waals surface area contributed by atoms with E-state index in [1.165, 1.54) is 12.1 Å². The number of aliphatic hydroxyl groups is 1. The molecule has 1 aromatic rings. The normalized spacial score (nSPS) is 25.3. The molecule has 0 spiro atoms. The van der Waals surface area contributed by atoms with Crippen LogP contribution in [0.5, 0.6) is 5.75 Å². The van der Waals surface area contributed by atoms with Crippen molar-refractivity contribution in [1.82, 2.24) is 5.32 Å². The summed E-state index contributed by atoms with van der Waals surface area (Å²) in [6.07, 6.45) is 0.0193. The quantitative estimate of drug-likeness (QED) is 0.746. The van der Waals surface area contributed by atoms with Crippen LogP contribution in [0.4, 0.5) is 4.39 Å². The predicted molar refractivity (Wildman–Crippen MR) is 63.7 cm³/mol. The summed E-state index contributed by atoms with van der Waals surface area (Å²) in [5.41, 5.74) is -0.506. The molecule has 3 N–H and O–H groups in total. The third-order valence-electron chi connectivity index (χ3n) is 3.72. The SMILES string of the molecule is CC1(C)C(O)CC1NC(=O)c1ccc(O)cc1F. The number of carbonyl (C=O) groups is 1. The molecule has 5 heteroatoms. The first kappa shape index (κ1) is 12.8. The number of hydrogen-bond donors (Lipinski definition) is 3. The largest absolute Gasteiger partial charge is 0.508 e. The van der Waals surface area contributed by atoms with Crippen molar-refractivity contribution in [2.75, 3.05) is 0 Å². The number of halogens is 1. The fraction of sp³-hybridized carbons (Fsp3) is 0.462. The van der Waals surface area contributed by atoms with E-state index in [1.54, 1.807) is 0 Å². The van der Waals surface area contributed by atoms with Crippen LogP contribution in [0.25, 0.3) is 0 Å². The Hall–Kier alpha value is -1.62. The second-order valence-corrected chi connectivity index (χ2v) is 5.26. The van der Waals surface area contributed by atoms with Gasteiger partial charge < -0.3 is 15.5 Å². The molecular formula is C13H16FNO3. The van der Waals surface area contributed by atoms with Crippen LogP contribution in [0.2, 0.25) is 0 Å². The van der Waals surface area contributed by atoms with Gasteiger partial charge in [0.15, 0.2) is 0 Å². The molecule has 1 fully saturated rings. The van der Waals surface area contributed by atoms with Gasteiger partial charge >= 0.3 is 0 Å². The number of aromatic hydroxyl groups is 1. The molecule has 2 atom stereocenters. The highest BCUT2D eigenvalue weighted by atomic mass is 19.1. The van der Waals surface area contributed by atoms with Crippen LogP contribution in [-0.2, 0) is 0 Å². The van der Waals surface area contributed by atoms with Crippen LogP contribution in [0.3, 0.4) is 0 Å². The van der Waals surface area contributed by atoms with Crippen molar-refractivity contribution in [3.63, 3.8) is 0 Å². The highest BCUT2D eigenvalue weighted by Crippen LogP contribution is 2.40. The van der Waals surface area contributed by atoms with E-state index in [9.17, 15) is 14.3 Å². The molecule has 0 aliphatic heterocycles. The van der Waals surface area contributed by atoms with E-state index < -0.39 is 23.2 Å². The van der Waals surface area contributed by atoms with E-state index >= 15 is 0 Å². The Bertz CT molecular complexity index is 487. The van der Waals surface area contributed by atoms with E-state index in [4.69, 9.17) is 5.11 Å². The van der Waals surface area contributed by atoms with Crippen molar-refractivity contribution >= 4 is 5.91 Å². The fourth-order valence-electron chi connectivity index (χ4n) is 2.07. The van der Waals surface area contributed by atoms with Gasteiger partial charge in [0.25, 0.3) is 5.91 Å². The topological polar surface area (TPSA) is 69.6 Å². The molecule has 2 rings (SSSR count). The minimum Gasteiger partial charge on any atom is -0.508 e. The Balaban J connectivity index is 2.09. The average Bonchev–Trinajstić information content (AvgIpc) is 2.28. The van der Waals surface area contributed by atoms with E-state index in [0.29, 0.717) is 6.42 Å². The first-order chi connectivity index (χ1) is 8.32. The maximum Gasteiger partial charge on any atom is 0.254 e. The number of rotatable bonds is 2. The van der Waals surface area contributed by atoms with Crippen LogP contribution in [-0.4, -0.2) is 28.3 Å². The Morgan fingerprint density at radius 2 is 2.17 bits per heavy atom. The summed E-state index contributed by atoms with van der Waals surface area (Å²) in [4.78, 5) is 11.9. The summed E-state index contributed by atoms with van der Waals surface area (Å²) < 4.78 is 13.5. The summed E-state index contributed by atoms with van der Waals surface area (Å²) in [5.74, 6) is -1.51. The maximum absolute atomic E-state index is 13.5. The van der Waals surface area contributed by atoms with Crippen LogP contribution >= 0.6 is 0 Å². The van der Waals surface area contributed by atoms with Crippen molar-refractivity contribution in [2.45, 2.75) is 32.4 Å². The van der Waals surface area contributed by atoms with Gasteiger partial charge in [-0.05, 0) is 18.6 Å². The smallest absolute Gasteiger partial charge is 0.254 e. The third kappa shape index (κ3) is 2.06.